The summed E-state index contributed by atoms with van der Waals surface area (Å²) in [6.07, 6.45) is 2.27. The molecule has 0 saturated carbocycles. The highest BCUT2D eigenvalue weighted by Gasteiger charge is 2.31. The van der Waals surface area contributed by atoms with Crippen LogP contribution in [0.5, 0.6) is 11.5 Å². The van der Waals surface area contributed by atoms with Crippen LogP contribution in [0.4, 0.5) is 0 Å². The Hall–Kier alpha value is -2.00. The molecule has 180 valence electrons. The van der Waals surface area contributed by atoms with E-state index < -0.39 is 0 Å². The molecule has 2 aliphatic heterocycles. The Morgan fingerprint density at radius 2 is 1.79 bits per heavy atom. The Labute approximate surface area is 214 Å². The minimum absolute atomic E-state index is 0. The quantitative estimate of drug-likeness (QED) is 0.296. The highest BCUT2D eigenvalue weighted by atomic mass is 127. The third-order valence-corrected chi connectivity index (χ3v) is 6.49. The predicted octanol–water partition coefficient (Wildman–Crippen LogP) is 4.85. The Balaban J connectivity index is 0.00000306. The van der Waals surface area contributed by atoms with Gasteiger partial charge in [0.15, 0.2) is 5.96 Å². The summed E-state index contributed by atoms with van der Waals surface area (Å²) >= 11 is 0. The van der Waals surface area contributed by atoms with E-state index in [-0.39, 0.29) is 30.1 Å². The molecule has 4 rings (SSSR count). The van der Waals surface area contributed by atoms with Crippen LogP contribution in [0, 0.1) is 5.92 Å². The van der Waals surface area contributed by atoms with Gasteiger partial charge in [0.1, 0.15) is 11.5 Å². The van der Waals surface area contributed by atoms with Crippen LogP contribution in [-0.4, -0.2) is 57.9 Å². The Bertz CT molecular complexity index is 887. The molecule has 2 aromatic carbocycles. The van der Waals surface area contributed by atoms with Crippen molar-refractivity contribution in [3.05, 3.63) is 59.7 Å². The van der Waals surface area contributed by atoms with Crippen molar-refractivity contribution in [1.82, 2.24) is 10.2 Å². The molecule has 2 aromatic rings. The second-order valence-electron chi connectivity index (χ2n) is 8.52. The highest BCUT2D eigenvalue weighted by Crippen LogP contribution is 2.35. The average molecular weight is 565 g/mol. The monoisotopic (exact) mass is 565 g/mol. The first-order valence-corrected chi connectivity index (χ1v) is 11.6. The Morgan fingerprint density at radius 3 is 2.45 bits per heavy atom. The molecule has 33 heavy (non-hydrogen) atoms. The number of halogens is 1. The van der Waals surface area contributed by atoms with Gasteiger partial charge in [-0.05, 0) is 43.0 Å². The molecule has 6 nitrogen and oxygen atoms in total. The molecular weight excluding hydrogens is 529 g/mol. The molecule has 0 radical (unpaired) electrons. The van der Waals surface area contributed by atoms with Crippen molar-refractivity contribution in [3.8, 4) is 11.5 Å². The van der Waals surface area contributed by atoms with Crippen LogP contribution in [0.25, 0.3) is 0 Å². The first-order chi connectivity index (χ1) is 15.7. The van der Waals surface area contributed by atoms with Crippen LogP contribution in [0.3, 0.4) is 0 Å². The summed E-state index contributed by atoms with van der Waals surface area (Å²) in [5, 5.41) is 3.51. The largest absolute Gasteiger partial charge is 0.497 e. The average Bonchev–Trinajstić information content (AvgIpc) is 3.52. The first kappa shape index (κ1) is 25.6. The third kappa shape index (κ3) is 6.32. The zero-order valence-corrected chi connectivity index (χ0v) is 22.2. The number of hydrogen-bond donors (Lipinski definition) is 1. The maximum atomic E-state index is 6.06. The van der Waals surface area contributed by atoms with Crippen LogP contribution in [0.2, 0.25) is 0 Å². The lowest BCUT2D eigenvalue weighted by molar-refractivity contribution is 0.0925. The molecule has 1 N–H and O–H groups in total. The molecule has 0 aliphatic carbocycles. The van der Waals surface area contributed by atoms with Gasteiger partial charge in [-0.15, -0.1) is 24.0 Å². The van der Waals surface area contributed by atoms with Gasteiger partial charge in [-0.3, -0.25) is 4.99 Å². The van der Waals surface area contributed by atoms with E-state index in [1.165, 1.54) is 11.1 Å². The molecule has 3 atom stereocenters. The minimum atomic E-state index is 0. The lowest BCUT2D eigenvalue weighted by Gasteiger charge is -2.23. The van der Waals surface area contributed by atoms with Crippen molar-refractivity contribution in [2.45, 2.75) is 31.8 Å². The number of hydrogen-bond acceptors (Lipinski definition) is 4. The van der Waals surface area contributed by atoms with Crippen molar-refractivity contribution >= 4 is 29.9 Å². The molecule has 0 bridgehead atoms. The minimum Gasteiger partial charge on any atom is -0.497 e. The van der Waals surface area contributed by atoms with Crippen LogP contribution in [-0.2, 0) is 4.74 Å². The van der Waals surface area contributed by atoms with Crippen molar-refractivity contribution in [1.29, 1.82) is 0 Å². The van der Waals surface area contributed by atoms with Gasteiger partial charge in [0.25, 0.3) is 0 Å². The van der Waals surface area contributed by atoms with E-state index in [9.17, 15) is 0 Å². The van der Waals surface area contributed by atoms with E-state index in [0.717, 1.165) is 63.1 Å². The number of rotatable bonds is 7. The predicted molar refractivity (Wildman–Crippen MR) is 143 cm³/mol. The number of likely N-dealkylation sites (tertiary alicyclic amines) is 1. The van der Waals surface area contributed by atoms with E-state index >= 15 is 0 Å². The van der Waals surface area contributed by atoms with Crippen LogP contribution in [0.15, 0.2) is 53.5 Å². The maximum absolute atomic E-state index is 6.06. The lowest BCUT2D eigenvalue weighted by Crippen LogP contribution is -2.40. The fourth-order valence-corrected chi connectivity index (χ4v) is 4.75. The number of nitrogens with zero attached hydrogens (tertiary/aromatic N) is 2. The Kier molecular flexibility index (Phi) is 9.67. The summed E-state index contributed by atoms with van der Waals surface area (Å²) in [6, 6.07) is 16.7. The van der Waals surface area contributed by atoms with Crippen LogP contribution >= 0.6 is 24.0 Å². The number of methoxy groups -OCH3 is 2. The first-order valence-electron chi connectivity index (χ1n) is 11.6. The topological polar surface area (TPSA) is 55.3 Å². The summed E-state index contributed by atoms with van der Waals surface area (Å²) in [5.74, 6) is 3.52. The lowest BCUT2D eigenvalue weighted by atomic mass is 9.95. The zero-order chi connectivity index (χ0) is 22.3. The third-order valence-electron chi connectivity index (χ3n) is 6.49. The summed E-state index contributed by atoms with van der Waals surface area (Å²) in [7, 11) is 3.40. The summed E-state index contributed by atoms with van der Waals surface area (Å²) < 4.78 is 17.0. The van der Waals surface area contributed by atoms with Gasteiger partial charge in [0.2, 0.25) is 0 Å². The standard InChI is InChI=1S/C26H35N3O3.HI/c1-4-27-26(28-17-20-11-13-32-25(20)19-8-6-5-7-9-19)29-12-10-21(18-29)22-14-23(30-2)16-24(15-22)31-3;/h5-9,14-16,20-21,25H,4,10-13,17-18H2,1-3H3,(H,27,28);1H. The van der Waals surface area contributed by atoms with E-state index in [2.05, 4.69) is 59.6 Å². The van der Waals surface area contributed by atoms with Gasteiger partial charge in [-0.2, -0.15) is 0 Å². The molecule has 0 spiro atoms. The van der Waals surface area contributed by atoms with Gasteiger partial charge in [0, 0.05) is 50.7 Å². The fourth-order valence-electron chi connectivity index (χ4n) is 4.75. The number of ether oxygens (including phenoxy) is 3. The number of aliphatic imine (C=N–C) groups is 1. The summed E-state index contributed by atoms with van der Waals surface area (Å²) in [5.41, 5.74) is 2.51. The molecule has 2 heterocycles. The van der Waals surface area contributed by atoms with Crippen LogP contribution in [0.1, 0.15) is 42.9 Å². The van der Waals surface area contributed by atoms with Crippen molar-refractivity contribution in [2.24, 2.45) is 10.9 Å². The molecular formula is C26H36IN3O3. The SMILES string of the molecule is CCNC(=NCC1CCOC1c1ccccc1)N1CCC(c2cc(OC)cc(OC)c2)C1.I. The van der Waals surface area contributed by atoms with Gasteiger partial charge in [-0.25, -0.2) is 0 Å². The zero-order valence-electron chi connectivity index (χ0n) is 19.8. The normalized spacial score (nSPS) is 22.7. The highest BCUT2D eigenvalue weighted by molar-refractivity contribution is 14.0. The fraction of sp³-hybridized carbons (Fsp3) is 0.500. The molecule has 0 aromatic heterocycles. The van der Waals surface area contributed by atoms with E-state index in [0.29, 0.717) is 11.8 Å². The van der Waals surface area contributed by atoms with Gasteiger partial charge in [-0.1, -0.05) is 30.3 Å². The number of benzene rings is 2. The van der Waals surface area contributed by atoms with E-state index in [4.69, 9.17) is 19.2 Å². The van der Waals surface area contributed by atoms with Gasteiger partial charge >= 0.3 is 0 Å². The second-order valence-corrected chi connectivity index (χ2v) is 8.52. The second kappa shape index (κ2) is 12.5. The molecule has 2 saturated heterocycles. The van der Waals surface area contributed by atoms with E-state index in [1.54, 1.807) is 14.2 Å². The van der Waals surface area contributed by atoms with Gasteiger partial charge < -0.3 is 24.4 Å². The molecule has 2 fully saturated rings. The summed E-state index contributed by atoms with van der Waals surface area (Å²) in [6.45, 7) is 6.48. The van der Waals surface area contributed by atoms with Crippen molar-refractivity contribution in [2.75, 3.05) is 47.0 Å². The van der Waals surface area contributed by atoms with Crippen LogP contribution < -0.4 is 14.8 Å². The summed E-state index contributed by atoms with van der Waals surface area (Å²) in [4.78, 5) is 7.43. The molecule has 0 amide bonds. The van der Waals surface area contributed by atoms with Crippen molar-refractivity contribution in [3.63, 3.8) is 0 Å². The smallest absolute Gasteiger partial charge is 0.193 e. The number of nitrogens with one attached hydrogen (secondary N) is 1. The van der Waals surface area contributed by atoms with Crippen molar-refractivity contribution < 1.29 is 14.2 Å². The molecule has 3 unspecified atom stereocenters. The Morgan fingerprint density at radius 1 is 1.06 bits per heavy atom. The van der Waals surface area contributed by atoms with E-state index in [1.807, 2.05) is 6.07 Å². The van der Waals surface area contributed by atoms with Gasteiger partial charge in [0.05, 0.1) is 20.3 Å². The maximum Gasteiger partial charge on any atom is 0.193 e. The molecule has 2 aliphatic rings. The number of guanidine groups is 1. The molecule has 7 heteroatoms.